The van der Waals surface area contributed by atoms with Gasteiger partial charge < -0.3 is 4.42 Å². The van der Waals surface area contributed by atoms with Crippen LogP contribution in [0.5, 0.6) is 0 Å². The monoisotopic (exact) mass is 296 g/mol. The molecule has 1 aromatic rings. The maximum absolute atomic E-state index is 12.6. The van der Waals surface area contributed by atoms with Crippen molar-refractivity contribution in [2.45, 2.75) is 44.9 Å². The van der Waals surface area contributed by atoms with Crippen LogP contribution in [0.2, 0.25) is 0 Å². The van der Waals surface area contributed by atoms with Crippen LogP contribution in [0.3, 0.4) is 0 Å². The van der Waals surface area contributed by atoms with Crippen LogP contribution in [-0.4, -0.2) is 5.78 Å². The Bertz CT molecular complexity index is 619. The summed E-state index contributed by atoms with van der Waals surface area (Å²) in [6, 6.07) is 7.79. The molecule has 0 bridgehead atoms. The normalized spacial score (nSPS) is 23.3. The molecule has 1 saturated carbocycles. The molecule has 4 heteroatoms. The summed E-state index contributed by atoms with van der Waals surface area (Å²) in [6.45, 7) is 5.54. The third-order valence-corrected chi connectivity index (χ3v) is 4.81. The topological polar surface area (TPSA) is 77.8 Å². The molecule has 0 amide bonds. The van der Waals surface area contributed by atoms with E-state index in [-0.39, 0.29) is 12.2 Å². The van der Waals surface area contributed by atoms with Gasteiger partial charge in [0.2, 0.25) is 0 Å². The first-order chi connectivity index (χ1) is 10.5. The molecule has 2 rings (SSSR count). The first kappa shape index (κ1) is 16.0. The van der Waals surface area contributed by atoms with Crippen molar-refractivity contribution in [3.63, 3.8) is 0 Å². The molecule has 1 aliphatic carbocycles. The van der Waals surface area contributed by atoms with E-state index in [4.69, 9.17) is 4.42 Å². The molecule has 1 aromatic heterocycles. The summed E-state index contributed by atoms with van der Waals surface area (Å²) < 4.78 is 5.53. The van der Waals surface area contributed by atoms with E-state index < -0.39 is 16.7 Å². The number of carbonyl (C=O) groups is 1. The lowest BCUT2D eigenvalue weighted by molar-refractivity contribution is -0.133. The molecular formula is C18H20N2O2. The quantitative estimate of drug-likeness (QED) is 0.765. The lowest BCUT2D eigenvalue weighted by Gasteiger charge is -2.43. The standard InChI is InChI=1S/C18H20N2O2/c1-3-9-18(12-19,13-20)16(14-7-6-11-22-14)17(2)10-5-4-8-15(17)21/h3,6-7,11,16H,1,4-5,8-10H2,2H3/t16-,17+/m1/s1. The van der Waals surface area contributed by atoms with Crippen LogP contribution < -0.4 is 0 Å². The minimum atomic E-state index is -1.35. The predicted octanol–water partition coefficient (Wildman–Crippen LogP) is 4.12. The number of nitriles is 2. The molecule has 1 aliphatic rings. The van der Waals surface area contributed by atoms with Crippen LogP contribution in [0.4, 0.5) is 0 Å². The molecule has 0 unspecified atom stereocenters. The zero-order chi connectivity index (χ0) is 16.2. The van der Waals surface area contributed by atoms with E-state index in [2.05, 4.69) is 18.7 Å². The van der Waals surface area contributed by atoms with Crippen LogP contribution in [0.25, 0.3) is 0 Å². The molecule has 2 atom stereocenters. The van der Waals surface area contributed by atoms with E-state index >= 15 is 0 Å². The number of ketones is 1. The molecule has 22 heavy (non-hydrogen) atoms. The maximum atomic E-state index is 12.6. The molecule has 0 spiro atoms. The fourth-order valence-corrected chi connectivity index (χ4v) is 3.66. The molecule has 114 valence electrons. The highest BCUT2D eigenvalue weighted by Crippen LogP contribution is 2.54. The predicted molar refractivity (Wildman–Crippen MR) is 81.5 cm³/mol. The van der Waals surface area contributed by atoms with Gasteiger partial charge in [-0.1, -0.05) is 19.4 Å². The van der Waals surface area contributed by atoms with Crippen molar-refractivity contribution in [2.24, 2.45) is 10.8 Å². The second-order valence-corrected chi connectivity index (χ2v) is 6.18. The molecule has 4 nitrogen and oxygen atoms in total. The Morgan fingerprint density at radius 3 is 2.73 bits per heavy atom. The average Bonchev–Trinajstić information content (AvgIpc) is 3.03. The summed E-state index contributed by atoms with van der Waals surface area (Å²) >= 11 is 0. The van der Waals surface area contributed by atoms with Gasteiger partial charge in [-0.15, -0.1) is 6.58 Å². The smallest absolute Gasteiger partial charge is 0.157 e. The van der Waals surface area contributed by atoms with Gasteiger partial charge in [-0.25, -0.2) is 0 Å². The SMILES string of the molecule is C=CCC(C#N)(C#N)[C@H](c1ccco1)[C@@]1(C)CCCCC1=O. The molecule has 0 aromatic carbocycles. The Labute approximate surface area is 131 Å². The Morgan fingerprint density at radius 1 is 1.50 bits per heavy atom. The number of hydrogen-bond acceptors (Lipinski definition) is 4. The van der Waals surface area contributed by atoms with E-state index in [1.165, 1.54) is 6.26 Å². The zero-order valence-electron chi connectivity index (χ0n) is 12.8. The number of Topliss-reactive ketones (excluding diaryl/α,β-unsaturated/α-hetero) is 1. The summed E-state index contributed by atoms with van der Waals surface area (Å²) in [4.78, 5) is 12.6. The van der Waals surface area contributed by atoms with Gasteiger partial charge in [0.25, 0.3) is 0 Å². The minimum absolute atomic E-state index is 0.110. The molecular weight excluding hydrogens is 276 g/mol. The van der Waals surface area contributed by atoms with Gasteiger partial charge in [0.15, 0.2) is 5.41 Å². The van der Waals surface area contributed by atoms with E-state index in [9.17, 15) is 15.3 Å². The highest BCUT2D eigenvalue weighted by Gasteiger charge is 2.55. The third kappa shape index (κ3) is 2.46. The van der Waals surface area contributed by atoms with Crippen LogP contribution in [0.15, 0.2) is 35.5 Å². The van der Waals surface area contributed by atoms with Gasteiger partial charge in [0.1, 0.15) is 11.5 Å². The lowest BCUT2D eigenvalue weighted by atomic mass is 9.56. The van der Waals surface area contributed by atoms with Gasteiger partial charge in [-0.05, 0) is 31.4 Å². The van der Waals surface area contributed by atoms with Crippen LogP contribution in [-0.2, 0) is 4.79 Å². The molecule has 0 N–H and O–H groups in total. The Kier molecular flexibility index (Phi) is 4.52. The van der Waals surface area contributed by atoms with Crippen molar-refractivity contribution in [3.8, 4) is 12.1 Å². The van der Waals surface area contributed by atoms with E-state index in [0.29, 0.717) is 18.6 Å². The Balaban J connectivity index is 2.62. The summed E-state index contributed by atoms with van der Waals surface area (Å²) in [6.07, 6.45) is 6.24. The van der Waals surface area contributed by atoms with Crippen molar-refractivity contribution >= 4 is 5.78 Å². The van der Waals surface area contributed by atoms with Crippen LogP contribution in [0.1, 0.15) is 50.7 Å². The average molecular weight is 296 g/mol. The second-order valence-electron chi connectivity index (χ2n) is 6.18. The minimum Gasteiger partial charge on any atom is -0.469 e. The van der Waals surface area contributed by atoms with Crippen molar-refractivity contribution < 1.29 is 9.21 Å². The number of furan rings is 1. The molecule has 0 saturated heterocycles. The van der Waals surface area contributed by atoms with Crippen molar-refractivity contribution in [3.05, 3.63) is 36.8 Å². The van der Waals surface area contributed by atoms with Gasteiger partial charge >= 0.3 is 0 Å². The fraction of sp³-hybridized carbons (Fsp3) is 0.500. The van der Waals surface area contributed by atoms with E-state index in [0.717, 1.165) is 12.8 Å². The number of nitrogens with zero attached hydrogens (tertiary/aromatic N) is 2. The van der Waals surface area contributed by atoms with Gasteiger partial charge in [-0.3, -0.25) is 4.79 Å². The third-order valence-electron chi connectivity index (χ3n) is 4.81. The first-order valence-electron chi connectivity index (χ1n) is 7.54. The number of hydrogen-bond donors (Lipinski definition) is 0. The second kappa shape index (κ2) is 6.20. The molecule has 0 aliphatic heterocycles. The number of allylic oxidation sites excluding steroid dienone is 1. The van der Waals surface area contributed by atoms with Gasteiger partial charge in [0.05, 0.1) is 24.3 Å². The van der Waals surface area contributed by atoms with Crippen LogP contribution in [0, 0.1) is 33.5 Å². The van der Waals surface area contributed by atoms with Crippen molar-refractivity contribution in [2.75, 3.05) is 0 Å². The summed E-state index contributed by atoms with van der Waals surface area (Å²) in [5, 5.41) is 19.5. The van der Waals surface area contributed by atoms with E-state index in [1.807, 2.05) is 6.92 Å². The molecule has 0 radical (unpaired) electrons. The largest absolute Gasteiger partial charge is 0.469 e. The Hall–Kier alpha value is -2.33. The van der Waals surface area contributed by atoms with Crippen LogP contribution >= 0.6 is 0 Å². The molecule has 1 heterocycles. The first-order valence-corrected chi connectivity index (χ1v) is 7.54. The lowest BCUT2D eigenvalue weighted by Crippen LogP contribution is -2.44. The Morgan fingerprint density at radius 2 is 2.23 bits per heavy atom. The highest BCUT2D eigenvalue weighted by atomic mass is 16.3. The highest BCUT2D eigenvalue weighted by molar-refractivity contribution is 5.86. The fourth-order valence-electron chi connectivity index (χ4n) is 3.66. The van der Waals surface area contributed by atoms with Gasteiger partial charge in [0, 0.05) is 11.8 Å². The van der Waals surface area contributed by atoms with Crippen molar-refractivity contribution in [1.29, 1.82) is 10.5 Å². The zero-order valence-corrected chi connectivity index (χ0v) is 12.8. The number of carbonyl (C=O) groups excluding carboxylic acids is 1. The summed E-state index contributed by atoms with van der Waals surface area (Å²) in [5.74, 6) is 0.0533. The van der Waals surface area contributed by atoms with Gasteiger partial charge in [-0.2, -0.15) is 10.5 Å². The number of rotatable bonds is 5. The van der Waals surface area contributed by atoms with Crippen molar-refractivity contribution in [1.82, 2.24) is 0 Å². The summed E-state index contributed by atoms with van der Waals surface area (Å²) in [5.41, 5.74) is -2.11. The summed E-state index contributed by atoms with van der Waals surface area (Å²) in [7, 11) is 0. The van der Waals surface area contributed by atoms with E-state index in [1.54, 1.807) is 18.2 Å². The molecule has 1 fully saturated rings. The maximum Gasteiger partial charge on any atom is 0.157 e.